The summed E-state index contributed by atoms with van der Waals surface area (Å²) in [6.45, 7) is 6.83. The molecule has 5 rings (SSSR count). The maximum Gasteiger partial charge on any atom is 0.414 e. The summed E-state index contributed by atoms with van der Waals surface area (Å²) in [7, 11) is 0. The summed E-state index contributed by atoms with van der Waals surface area (Å²) in [4.78, 5) is 32.4. The molecular weight excluding hydrogens is 560 g/mol. The number of carbonyl (C=O) groups is 1. The second-order valence-electron chi connectivity index (χ2n) is 10.6. The highest BCUT2D eigenvalue weighted by Gasteiger charge is 2.31. The number of aromatic nitrogens is 1. The first-order chi connectivity index (χ1) is 20.4. The van der Waals surface area contributed by atoms with Gasteiger partial charge in [-0.2, -0.15) is 4.98 Å². The molecule has 226 valence electrons. The van der Waals surface area contributed by atoms with E-state index in [1.807, 2.05) is 24.3 Å². The number of nitrogens with two attached hydrogens (primary N) is 1. The van der Waals surface area contributed by atoms with Gasteiger partial charge in [0.2, 0.25) is 11.7 Å². The molecule has 13 heteroatoms. The van der Waals surface area contributed by atoms with E-state index in [1.165, 1.54) is 23.8 Å². The molecule has 0 saturated carbocycles. The normalized spacial score (nSPS) is 19.3. The zero-order valence-corrected chi connectivity index (χ0v) is 24.6. The van der Waals surface area contributed by atoms with Gasteiger partial charge in [-0.3, -0.25) is 15.0 Å². The van der Waals surface area contributed by atoms with Crippen LogP contribution in [-0.4, -0.2) is 72.3 Å². The van der Waals surface area contributed by atoms with Crippen molar-refractivity contribution in [2.45, 2.75) is 44.5 Å². The van der Waals surface area contributed by atoms with E-state index < -0.39 is 16.7 Å². The molecule has 4 heterocycles. The average Bonchev–Trinajstić information content (AvgIpc) is 3.68. The Morgan fingerprint density at radius 2 is 2.00 bits per heavy atom. The van der Waals surface area contributed by atoms with E-state index in [9.17, 15) is 14.9 Å². The molecule has 1 unspecified atom stereocenters. The summed E-state index contributed by atoms with van der Waals surface area (Å²) in [5.41, 5.74) is 8.39. The van der Waals surface area contributed by atoms with Crippen molar-refractivity contribution < 1.29 is 23.9 Å². The maximum absolute atomic E-state index is 13.1. The molecule has 0 spiro atoms. The van der Waals surface area contributed by atoms with Crippen LogP contribution in [0.4, 0.5) is 22.0 Å². The summed E-state index contributed by atoms with van der Waals surface area (Å²) in [5.74, 6) is 0.0623. The number of benzene rings is 1. The Bertz CT molecular complexity index is 1280. The molecule has 3 N–H and O–H groups in total. The van der Waals surface area contributed by atoms with Gasteiger partial charge in [-0.15, -0.1) is 11.8 Å². The lowest BCUT2D eigenvalue weighted by atomic mass is 10.0. The second kappa shape index (κ2) is 14.1. The number of nitro groups is 1. The van der Waals surface area contributed by atoms with Crippen molar-refractivity contribution >= 4 is 40.7 Å². The van der Waals surface area contributed by atoms with Crippen LogP contribution >= 0.6 is 11.8 Å². The number of hydrogen-bond donors (Lipinski definition) is 2. The van der Waals surface area contributed by atoms with Crippen LogP contribution < -0.4 is 20.7 Å². The predicted octanol–water partition coefficient (Wildman–Crippen LogP) is 4.60. The van der Waals surface area contributed by atoms with Crippen molar-refractivity contribution in [3.63, 3.8) is 0 Å². The number of likely N-dealkylation sites (tertiary alicyclic amines) is 1. The van der Waals surface area contributed by atoms with Gasteiger partial charge >= 0.3 is 11.8 Å². The maximum atomic E-state index is 13.1. The lowest BCUT2D eigenvalue weighted by Crippen LogP contribution is -2.34. The molecule has 12 nitrogen and oxygen atoms in total. The monoisotopic (exact) mass is 598 g/mol. The Hall–Kier alpha value is -3.55. The van der Waals surface area contributed by atoms with E-state index in [0.29, 0.717) is 25.2 Å². The first kappa shape index (κ1) is 29.9. The second-order valence-corrected chi connectivity index (χ2v) is 11.7. The van der Waals surface area contributed by atoms with Gasteiger partial charge in [0.05, 0.1) is 30.1 Å². The van der Waals surface area contributed by atoms with Crippen LogP contribution in [0.15, 0.2) is 35.7 Å². The lowest BCUT2D eigenvalue weighted by molar-refractivity contribution is -0.383. The number of pyridine rings is 1. The molecule has 2 saturated heterocycles. The highest BCUT2D eigenvalue weighted by molar-refractivity contribution is 8.03. The van der Waals surface area contributed by atoms with Crippen LogP contribution in [0.5, 0.6) is 5.88 Å². The topological polar surface area (TPSA) is 145 Å². The number of anilines is 2. The molecular formula is C29H38N6O6S. The number of amides is 1. The van der Waals surface area contributed by atoms with Gasteiger partial charge in [-0.1, -0.05) is 24.3 Å². The minimum absolute atomic E-state index is 0.0293. The molecule has 3 aliphatic heterocycles. The quantitative estimate of drug-likeness (QED) is 0.276. The van der Waals surface area contributed by atoms with Crippen molar-refractivity contribution in [2.24, 2.45) is 5.92 Å². The number of carbonyl (C=O) groups excluding carboxylic acids is 1. The van der Waals surface area contributed by atoms with Gasteiger partial charge in [0, 0.05) is 31.5 Å². The summed E-state index contributed by atoms with van der Waals surface area (Å²) in [6, 6.07) is 9.16. The fourth-order valence-electron chi connectivity index (χ4n) is 5.36. The number of hydrogen-bond acceptors (Lipinski definition) is 11. The third kappa shape index (κ3) is 7.44. The van der Waals surface area contributed by atoms with Crippen LogP contribution in [0.1, 0.15) is 43.7 Å². The van der Waals surface area contributed by atoms with E-state index in [2.05, 4.69) is 20.6 Å². The molecule has 2 aromatic rings. The Morgan fingerprint density at radius 3 is 2.69 bits per heavy atom. The van der Waals surface area contributed by atoms with Crippen LogP contribution in [0.3, 0.4) is 0 Å². The van der Waals surface area contributed by atoms with Crippen LogP contribution in [0, 0.1) is 16.0 Å². The average molecular weight is 599 g/mol. The van der Waals surface area contributed by atoms with E-state index in [4.69, 9.17) is 19.9 Å². The van der Waals surface area contributed by atoms with Crippen molar-refractivity contribution in [3.05, 3.63) is 57.0 Å². The number of nitrogen functional groups attached to an aromatic ring is 1. The summed E-state index contributed by atoms with van der Waals surface area (Å²) in [6.07, 6.45) is 3.51. The molecule has 1 aromatic heterocycles. The predicted molar refractivity (Wildman–Crippen MR) is 162 cm³/mol. The minimum atomic E-state index is -0.730. The van der Waals surface area contributed by atoms with Gasteiger partial charge in [0.15, 0.2) is 0 Å². The minimum Gasteiger partial charge on any atom is -0.477 e. The number of nitrogens with one attached hydrogen (secondary N) is 1. The van der Waals surface area contributed by atoms with E-state index in [0.717, 1.165) is 49.3 Å². The van der Waals surface area contributed by atoms with E-state index in [-0.39, 0.29) is 36.5 Å². The summed E-state index contributed by atoms with van der Waals surface area (Å²) < 4.78 is 16.6. The number of thioether (sulfide) groups is 1. The third-order valence-corrected chi connectivity index (χ3v) is 8.61. The Morgan fingerprint density at radius 1 is 1.26 bits per heavy atom. The van der Waals surface area contributed by atoms with Gasteiger partial charge in [0.25, 0.3) is 0 Å². The summed E-state index contributed by atoms with van der Waals surface area (Å²) in [5, 5.41) is 18.1. The fraction of sp³-hybridized carbons (Fsp3) is 0.517. The lowest BCUT2D eigenvalue weighted by Gasteiger charge is -2.24. The van der Waals surface area contributed by atoms with E-state index in [1.54, 1.807) is 18.7 Å². The Labute approximate surface area is 249 Å². The van der Waals surface area contributed by atoms with Crippen LogP contribution in [-0.2, 0) is 16.0 Å². The number of rotatable bonds is 11. The number of nitrogens with zero attached hydrogens (tertiary/aromatic N) is 4. The standard InChI is InChI=1S/C29H38N6O6S/c1-2-40-29(36)34(24-15-25(32-28(30)27(24)35(37)38)41-18-21-9-13-39-14-10-21)16-20-5-7-22(8-6-20)23-19-42-26(31-23)17-33-11-3-4-12-33/h5-8,15,19,21,26,31H,2-4,9-14,16-18H2,1H3,(H2,30,32). The highest BCUT2D eigenvalue weighted by Crippen LogP contribution is 2.37. The highest BCUT2D eigenvalue weighted by atomic mass is 32.2. The van der Waals surface area contributed by atoms with Crippen molar-refractivity contribution in [1.82, 2.24) is 15.2 Å². The molecule has 3 aliphatic rings. The van der Waals surface area contributed by atoms with Crippen LogP contribution in [0.25, 0.3) is 5.70 Å². The summed E-state index contributed by atoms with van der Waals surface area (Å²) >= 11 is 1.79. The van der Waals surface area contributed by atoms with Gasteiger partial charge in [-0.25, -0.2) is 4.79 Å². The third-order valence-electron chi connectivity index (χ3n) is 7.64. The molecule has 1 aromatic carbocycles. The molecule has 1 atom stereocenters. The Balaban J connectivity index is 1.33. The van der Waals surface area contributed by atoms with Crippen molar-refractivity contribution in [2.75, 3.05) is 56.7 Å². The molecule has 0 aliphatic carbocycles. The van der Waals surface area contributed by atoms with Crippen molar-refractivity contribution in [1.29, 1.82) is 0 Å². The SMILES string of the molecule is CCOC(=O)N(Cc1ccc(C2=CSC(CN3CCCC3)N2)cc1)c1cc(OCC2CCOCC2)nc(N)c1[N+](=O)[O-]. The first-order valence-corrected chi connectivity index (χ1v) is 15.4. The zero-order valence-electron chi connectivity index (χ0n) is 23.8. The number of ether oxygens (including phenoxy) is 3. The molecule has 0 bridgehead atoms. The smallest absolute Gasteiger partial charge is 0.414 e. The molecule has 2 fully saturated rings. The largest absolute Gasteiger partial charge is 0.477 e. The molecule has 1 amide bonds. The first-order valence-electron chi connectivity index (χ1n) is 14.4. The zero-order chi connectivity index (χ0) is 29.5. The fourth-order valence-corrected chi connectivity index (χ4v) is 6.35. The van der Waals surface area contributed by atoms with Crippen molar-refractivity contribution in [3.8, 4) is 5.88 Å². The molecule has 0 radical (unpaired) electrons. The van der Waals surface area contributed by atoms with E-state index >= 15 is 0 Å². The van der Waals surface area contributed by atoms with Gasteiger partial charge < -0.3 is 30.2 Å². The van der Waals surface area contributed by atoms with Gasteiger partial charge in [0.1, 0.15) is 5.69 Å². The Kier molecular flexibility index (Phi) is 10.0. The molecule has 42 heavy (non-hydrogen) atoms. The van der Waals surface area contributed by atoms with Crippen LogP contribution in [0.2, 0.25) is 0 Å². The van der Waals surface area contributed by atoms with Gasteiger partial charge in [-0.05, 0) is 68.1 Å².